The second-order valence-corrected chi connectivity index (χ2v) is 4.15. The summed E-state index contributed by atoms with van der Waals surface area (Å²) in [5, 5.41) is 0. The molecule has 3 aliphatic carbocycles. The molecular weight excluding hydrogens is 136 g/mol. The zero-order valence-corrected chi connectivity index (χ0v) is 7.13. The van der Waals surface area contributed by atoms with Crippen molar-refractivity contribution in [3.63, 3.8) is 0 Å². The van der Waals surface area contributed by atoms with Gasteiger partial charge in [-0.05, 0) is 31.6 Å². The van der Waals surface area contributed by atoms with Crippen molar-refractivity contribution in [2.45, 2.75) is 26.7 Å². The van der Waals surface area contributed by atoms with Gasteiger partial charge in [-0.3, -0.25) is 0 Å². The SMILES string of the molecule is CC1=CC[C@@H]2C[C@H]1[C@]2(C)C=O. The number of carbonyl (C=O) groups excluding carboxylic acids is 1. The predicted octanol–water partition coefficient (Wildman–Crippen LogP) is 2.18. The van der Waals surface area contributed by atoms with Crippen molar-refractivity contribution < 1.29 is 4.79 Å². The maximum absolute atomic E-state index is 10.8. The van der Waals surface area contributed by atoms with E-state index in [-0.39, 0.29) is 5.41 Å². The van der Waals surface area contributed by atoms with Crippen LogP contribution in [0.1, 0.15) is 26.7 Å². The van der Waals surface area contributed by atoms with E-state index in [1.807, 2.05) is 0 Å². The van der Waals surface area contributed by atoms with Gasteiger partial charge in [0.1, 0.15) is 6.29 Å². The Morgan fingerprint density at radius 1 is 1.73 bits per heavy atom. The molecule has 60 valence electrons. The zero-order valence-electron chi connectivity index (χ0n) is 7.13. The number of rotatable bonds is 1. The number of hydrogen-bond acceptors (Lipinski definition) is 1. The molecule has 0 aromatic carbocycles. The first-order valence-corrected chi connectivity index (χ1v) is 4.31. The van der Waals surface area contributed by atoms with Gasteiger partial charge in [-0.2, -0.15) is 0 Å². The highest BCUT2D eigenvalue weighted by atomic mass is 16.1. The molecule has 1 heteroatoms. The Labute approximate surface area is 67.5 Å². The number of allylic oxidation sites excluding steroid dienone is 2. The van der Waals surface area contributed by atoms with Crippen molar-refractivity contribution in [2.24, 2.45) is 17.3 Å². The van der Waals surface area contributed by atoms with E-state index in [9.17, 15) is 4.79 Å². The van der Waals surface area contributed by atoms with Crippen molar-refractivity contribution in [1.82, 2.24) is 0 Å². The topological polar surface area (TPSA) is 17.1 Å². The molecule has 11 heavy (non-hydrogen) atoms. The number of aldehydes is 1. The molecule has 0 aromatic heterocycles. The molecule has 0 heterocycles. The molecule has 2 bridgehead atoms. The molecule has 1 fully saturated rings. The zero-order chi connectivity index (χ0) is 8.06. The molecule has 1 nitrogen and oxygen atoms in total. The maximum Gasteiger partial charge on any atom is 0.126 e. The molecule has 0 aromatic rings. The Hall–Kier alpha value is -0.590. The van der Waals surface area contributed by atoms with Crippen LogP contribution in [0.5, 0.6) is 0 Å². The largest absolute Gasteiger partial charge is 0.303 e. The molecule has 3 atom stereocenters. The van der Waals surface area contributed by atoms with Crippen molar-refractivity contribution in [2.75, 3.05) is 0 Å². The van der Waals surface area contributed by atoms with Crippen LogP contribution in [0.25, 0.3) is 0 Å². The molecule has 0 amide bonds. The van der Waals surface area contributed by atoms with Crippen LogP contribution in [0.2, 0.25) is 0 Å². The van der Waals surface area contributed by atoms with Gasteiger partial charge in [-0.15, -0.1) is 0 Å². The third-order valence-corrected chi connectivity index (χ3v) is 3.68. The minimum absolute atomic E-state index is 0.00116. The van der Waals surface area contributed by atoms with Crippen LogP contribution in [-0.2, 0) is 4.79 Å². The highest BCUT2D eigenvalue weighted by Crippen LogP contribution is 2.58. The minimum atomic E-state index is -0.00116. The second-order valence-electron chi connectivity index (χ2n) is 4.15. The lowest BCUT2D eigenvalue weighted by Crippen LogP contribution is -2.50. The fraction of sp³-hybridized carbons (Fsp3) is 0.700. The fourth-order valence-corrected chi connectivity index (χ4v) is 2.59. The van der Waals surface area contributed by atoms with Crippen LogP contribution in [0, 0.1) is 17.3 Å². The summed E-state index contributed by atoms with van der Waals surface area (Å²) in [5.41, 5.74) is 1.43. The summed E-state index contributed by atoms with van der Waals surface area (Å²) in [4.78, 5) is 10.8. The fourth-order valence-electron chi connectivity index (χ4n) is 2.59. The van der Waals surface area contributed by atoms with E-state index in [0.717, 1.165) is 6.42 Å². The average molecular weight is 150 g/mol. The van der Waals surface area contributed by atoms with Gasteiger partial charge < -0.3 is 4.79 Å². The Bertz CT molecular complexity index is 229. The summed E-state index contributed by atoms with van der Waals surface area (Å²) in [6.07, 6.45) is 5.83. The van der Waals surface area contributed by atoms with E-state index in [1.165, 1.54) is 18.3 Å². The summed E-state index contributed by atoms with van der Waals surface area (Å²) in [5.74, 6) is 1.22. The lowest BCUT2D eigenvalue weighted by Gasteiger charge is -2.54. The molecule has 3 aliphatic rings. The summed E-state index contributed by atoms with van der Waals surface area (Å²) in [6.45, 7) is 4.26. The van der Waals surface area contributed by atoms with Crippen molar-refractivity contribution in [1.29, 1.82) is 0 Å². The number of hydrogen-bond donors (Lipinski definition) is 0. The standard InChI is InChI=1S/C10H14O/c1-7-3-4-8-5-9(7)10(8,2)6-11/h3,6,8-9H,4-5H2,1-2H3/t8-,9-,10-/m1/s1. The Morgan fingerprint density at radius 3 is 2.82 bits per heavy atom. The highest BCUT2D eigenvalue weighted by molar-refractivity contribution is 5.64. The molecule has 1 saturated carbocycles. The molecule has 0 unspecified atom stereocenters. The molecule has 0 spiro atoms. The lowest BCUT2D eigenvalue weighted by atomic mass is 9.49. The first-order valence-electron chi connectivity index (χ1n) is 4.31. The second kappa shape index (κ2) is 1.96. The van der Waals surface area contributed by atoms with Crippen molar-refractivity contribution >= 4 is 6.29 Å². The van der Waals surface area contributed by atoms with E-state index >= 15 is 0 Å². The Morgan fingerprint density at radius 2 is 2.45 bits per heavy atom. The van der Waals surface area contributed by atoms with Crippen LogP contribution in [0.3, 0.4) is 0 Å². The summed E-state index contributed by atoms with van der Waals surface area (Å²) in [7, 11) is 0. The van der Waals surface area contributed by atoms with Crippen LogP contribution in [0.15, 0.2) is 11.6 Å². The molecule has 3 rings (SSSR count). The van der Waals surface area contributed by atoms with E-state index < -0.39 is 0 Å². The molecule has 0 saturated heterocycles. The average Bonchev–Trinajstić information content (AvgIpc) is 2.02. The van der Waals surface area contributed by atoms with E-state index in [4.69, 9.17) is 0 Å². The van der Waals surface area contributed by atoms with Crippen LogP contribution in [0.4, 0.5) is 0 Å². The monoisotopic (exact) mass is 150 g/mol. The molecule has 0 radical (unpaired) electrons. The van der Waals surface area contributed by atoms with Crippen LogP contribution < -0.4 is 0 Å². The van der Waals surface area contributed by atoms with E-state index in [0.29, 0.717) is 11.8 Å². The van der Waals surface area contributed by atoms with Gasteiger partial charge >= 0.3 is 0 Å². The number of fused-ring (bicyclic) bond motifs is 1. The van der Waals surface area contributed by atoms with Crippen LogP contribution >= 0.6 is 0 Å². The Kier molecular flexibility index (Phi) is 1.26. The molecular formula is C10H14O. The summed E-state index contributed by atoms with van der Waals surface area (Å²) >= 11 is 0. The summed E-state index contributed by atoms with van der Waals surface area (Å²) in [6, 6.07) is 0. The first-order chi connectivity index (χ1) is 5.18. The van der Waals surface area contributed by atoms with Crippen molar-refractivity contribution in [3.05, 3.63) is 11.6 Å². The van der Waals surface area contributed by atoms with Gasteiger partial charge in [-0.1, -0.05) is 18.6 Å². The van der Waals surface area contributed by atoms with Gasteiger partial charge in [0, 0.05) is 5.41 Å². The number of carbonyl (C=O) groups is 1. The van der Waals surface area contributed by atoms with Crippen molar-refractivity contribution in [3.8, 4) is 0 Å². The minimum Gasteiger partial charge on any atom is -0.303 e. The smallest absolute Gasteiger partial charge is 0.126 e. The predicted molar refractivity (Wildman–Crippen MR) is 44.1 cm³/mol. The molecule has 0 N–H and O–H groups in total. The Balaban J connectivity index is 2.32. The molecule has 0 aliphatic heterocycles. The van der Waals surface area contributed by atoms with Gasteiger partial charge in [0.25, 0.3) is 0 Å². The maximum atomic E-state index is 10.8. The lowest BCUT2D eigenvalue weighted by molar-refractivity contribution is -0.131. The van der Waals surface area contributed by atoms with E-state index in [1.54, 1.807) is 0 Å². The third-order valence-electron chi connectivity index (χ3n) is 3.68. The van der Waals surface area contributed by atoms with Gasteiger partial charge in [0.2, 0.25) is 0 Å². The van der Waals surface area contributed by atoms with Gasteiger partial charge in [0.15, 0.2) is 0 Å². The van der Waals surface area contributed by atoms with Crippen LogP contribution in [-0.4, -0.2) is 6.29 Å². The summed E-state index contributed by atoms with van der Waals surface area (Å²) < 4.78 is 0. The van der Waals surface area contributed by atoms with Gasteiger partial charge in [0.05, 0.1) is 0 Å². The third kappa shape index (κ3) is 0.688. The quantitative estimate of drug-likeness (QED) is 0.413. The normalized spacial score (nSPS) is 47.6. The highest BCUT2D eigenvalue weighted by Gasteiger charge is 2.53. The van der Waals surface area contributed by atoms with E-state index in [2.05, 4.69) is 19.9 Å². The van der Waals surface area contributed by atoms with Gasteiger partial charge in [-0.25, -0.2) is 0 Å². The first kappa shape index (κ1) is 7.08.